The van der Waals surface area contributed by atoms with Crippen LogP contribution in [-0.2, 0) is 0 Å². The van der Waals surface area contributed by atoms with Crippen molar-refractivity contribution in [2.75, 3.05) is 6.26 Å². The van der Waals surface area contributed by atoms with Gasteiger partial charge in [-0.15, -0.1) is 11.8 Å². The minimum atomic E-state index is 0.402. The Morgan fingerprint density at radius 2 is 2.00 bits per heavy atom. The molecule has 0 spiro atoms. The summed E-state index contributed by atoms with van der Waals surface area (Å²) < 4.78 is 5.39. The third-order valence-electron chi connectivity index (χ3n) is 2.49. The lowest BCUT2D eigenvalue weighted by Crippen LogP contribution is -1.84. The summed E-state index contributed by atoms with van der Waals surface area (Å²) in [5, 5.41) is 4.08. The highest BCUT2D eigenvalue weighted by atomic mass is 32.2. The van der Waals surface area contributed by atoms with E-state index >= 15 is 0 Å². The first-order valence-corrected chi connectivity index (χ1v) is 6.55. The summed E-state index contributed by atoms with van der Waals surface area (Å²) in [5.74, 6) is 1.26. The van der Waals surface area contributed by atoms with Gasteiger partial charge in [0.25, 0.3) is 0 Å². The van der Waals surface area contributed by atoms with Gasteiger partial charge in [-0.3, -0.25) is 0 Å². The van der Waals surface area contributed by atoms with Crippen molar-refractivity contribution >= 4 is 11.8 Å². The summed E-state index contributed by atoms with van der Waals surface area (Å²) in [5.41, 5.74) is 2.13. The van der Waals surface area contributed by atoms with Crippen LogP contribution in [-0.4, -0.2) is 11.4 Å². The van der Waals surface area contributed by atoms with E-state index in [2.05, 4.69) is 37.4 Å². The van der Waals surface area contributed by atoms with Crippen molar-refractivity contribution in [3.63, 3.8) is 0 Å². The molecule has 0 radical (unpaired) electrons. The third kappa shape index (κ3) is 2.14. The van der Waals surface area contributed by atoms with Crippen LogP contribution in [0.1, 0.15) is 25.5 Å². The predicted molar refractivity (Wildman–Crippen MR) is 67.8 cm³/mol. The zero-order valence-corrected chi connectivity index (χ0v) is 10.5. The standard InChI is InChI=1S/C13H15NOS/c1-9(2)11-8-12(15-14-11)10-6-4-5-7-13(10)16-3/h4-9H,1-3H3. The molecule has 0 saturated heterocycles. The number of hydrogen-bond donors (Lipinski definition) is 0. The first-order valence-electron chi connectivity index (χ1n) is 5.32. The van der Waals surface area contributed by atoms with E-state index in [1.165, 1.54) is 4.90 Å². The summed E-state index contributed by atoms with van der Waals surface area (Å²) in [6.45, 7) is 4.23. The van der Waals surface area contributed by atoms with Crippen LogP contribution in [0.5, 0.6) is 0 Å². The van der Waals surface area contributed by atoms with E-state index in [-0.39, 0.29) is 0 Å². The van der Waals surface area contributed by atoms with Crippen LogP contribution >= 0.6 is 11.8 Å². The van der Waals surface area contributed by atoms with Crippen LogP contribution in [0.25, 0.3) is 11.3 Å². The molecule has 0 saturated carbocycles. The molecule has 0 aliphatic carbocycles. The monoisotopic (exact) mass is 233 g/mol. The summed E-state index contributed by atoms with van der Waals surface area (Å²) in [4.78, 5) is 1.22. The van der Waals surface area contributed by atoms with E-state index in [4.69, 9.17) is 4.52 Å². The maximum Gasteiger partial charge on any atom is 0.168 e. The van der Waals surface area contributed by atoms with Crippen molar-refractivity contribution in [3.8, 4) is 11.3 Å². The summed E-state index contributed by atoms with van der Waals surface area (Å²) >= 11 is 1.72. The second-order valence-electron chi connectivity index (χ2n) is 3.97. The molecule has 2 aromatic rings. The molecule has 2 nitrogen and oxygen atoms in total. The number of hydrogen-bond acceptors (Lipinski definition) is 3. The highest BCUT2D eigenvalue weighted by molar-refractivity contribution is 7.98. The van der Waals surface area contributed by atoms with E-state index in [1.54, 1.807) is 11.8 Å². The Hall–Kier alpha value is -1.22. The van der Waals surface area contributed by atoms with Gasteiger partial charge in [0.15, 0.2) is 5.76 Å². The Kier molecular flexibility index (Phi) is 3.34. The van der Waals surface area contributed by atoms with Gasteiger partial charge in [0.1, 0.15) is 0 Å². The number of thioether (sulfide) groups is 1. The lowest BCUT2D eigenvalue weighted by atomic mass is 10.1. The summed E-state index contributed by atoms with van der Waals surface area (Å²) in [7, 11) is 0. The molecule has 0 aliphatic rings. The lowest BCUT2D eigenvalue weighted by Gasteiger charge is -2.01. The van der Waals surface area contributed by atoms with Crippen LogP contribution in [0.4, 0.5) is 0 Å². The Morgan fingerprint density at radius 3 is 2.62 bits per heavy atom. The number of rotatable bonds is 3. The van der Waals surface area contributed by atoms with Crippen molar-refractivity contribution in [2.45, 2.75) is 24.7 Å². The van der Waals surface area contributed by atoms with Crippen molar-refractivity contribution in [1.82, 2.24) is 5.16 Å². The molecule has 1 aromatic heterocycles. The zero-order valence-electron chi connectivity index (χ0n) is 9.73. The maximum absolute atomic E-state index is 5.39. The lowest BCUT2D eigenvalue weighted by molar-refractivity contribution is 0.419. The van der Waals surface area contributed by atoms with Crippen LogP contribution in [0, 0.1) is 0 Å². The number of aromatic nitrogens is 1. The largest absolute Gasteiger partial charge is 0.356 e. The second kappa shape index (κ2) is 4.74. The Morgan fingerprint density at radius 1 is 1.25 bits per heavy atom. The first kappa shape index (κ1) is 11.3. The summed E-state index contributed by atoms with van der Waals surface area (Å²) in [6, 6.07) is 10.2. The van der Waals surface area contributed by atoms with E-state index < -0.39 is 0 Å². The van der Waals surface area contributed by atoms with Crippen LogP contribution in [0.15, 0.2) is 39.8 Å². The Balaban J connectivity index is 2.42. The molecule has 0 N–H and O–H groups in total. The number of benzene rings is 1. The fourth-order valence-corrected chi connectivity index (χ4v) is 2.14. The van der Waals surface area contributed by atoms with Crippen molar-refractivity contribution in [3.05, 3.63) is 36.0 Å². The molecular formula is C13H15NOS. The van der Waals surface area contributed by atoms with Gasteiger partial charge in [0.2, 0.25) is 0 Å². The molecule has 1 aromatic carbocycles. The molecule has 2 rings (SSSR count). The van der Waals surface area contributed by atoms with Gasteiger partial charge in [-0.25, -0.2) is 0 Å². The van der Waals surface area contributed by atoms with Crippen molar-refractivity contribution in [2.24, 2.45) is 0 Å². The Labute approximate surface area is 100 Å². The molecule has 0 aliphatic heterocycles. The van der Waals surface area contributed by atoms with Crippen LogP contribution in [0.3, 0.4) is 0 Å². The average Bonchev–Trinajstić information content (AvgIpc) is 2.78. The summed E-state index contributed by atoms with van der Waals surface area (Å²) in [6.07, 6.45) is 2.07. The van der Waals surface area contributed by atoms with E-state index in [0.29, 0.717) is 5.92 Å². The van der Waals surface area contributed by atoms with Crippen LogP contribution in [0.2, 0.25) is 0 Å². The molecular weight excluding hydrogens is 218 g/mol. The fourth-order valence-electron chi connectivity index (χ4n) is 1.54. The van der Waals surface area contributed by atoms with Gasteiger partial charge in [-0.2, -0.15) is 0 Å². The molecule has 84 valence electrons. The molecule has 16 heavy (non-hydrogen) atoms. The van der Waals surface area contributed by atoms with Crippen LogP contribution < -0.4 is 0 Å². The van der Waals surface area contributed by atoms with Gasteiger partial charge in [-0.1, -0.05) is 31.1 Å². The Bertz CT molecular complexity index is 476. The first-order chi connectivity index (χ1) is 7.72. The topological polar surface area (TPSA) is 26.0 Å². The van der Waals surface area contributed by atoms with E-state index in [1.807, 2.05) is 18.2 Å². The molecule has 0 bridgehead atoms. The third-order valence-corrected chi connectivity index (χ3v) is 3.29. The van der Waals surface area contributed by atoms with E-state index in [9.17, 15) is 0 Å². The molecule has 3 heteroatoms. The van der Waals surface area contributed by atoms with Gasteiger partial charge >= 0.3 is 0 Å². The highest BCUT2D eigenvalue weighted by Gasteiger charge is 2.11. The SMILES string of the molecule is CSc1ccccc1-c1cc(C(C)C)no1. The molecule has 0 amide bonds. The number of nitrogens with zero attached hydrogens (tertiary/aromatic N) is 1. The minimum absolute atomic E-state index is 0.402. The normalized spacial score (nSPS) is 11.0. The van der Waals surface area contributed by atoms with Gasteiger partial charge in [0, 0.05) is 16.5 Å². The highest BCUT2D eigenvalue weighted by Crippen LogP contribution is 2.31. The minimum Gasteiger partial charge on any atom is -0.356 e. The van der Waals surface area contributed by atoms with Gasteiger partial charge in [-0.05, 0) is 24.3 Å². The second-order valence-corrected chi connectivity index (χ2v) is 4.82. The molecule has 1 heterocycles. The maximum atomic E-state index is 5.39. The van der Waals surface area contributed by atoms with Crippen molar-refractivity contribution < 1.29 is 4.52 Å². The molecule has 0 atom stereocenters. The fraction of sp³-hybridized carbons (Fsp3) is 0.308. The predicted octanol–water partition coefficient (Wildman–Crippen LogP) is 4.19. The smallest absolute Gasteiger partial charge is 0.168 e. The van der Waals surface area contributed by atoms with E-state index in [0.717, 1.165) is 17.0 Å². The zero-order chi connectivity index (χ0) is 11.5. The van der Waals surface area contributed by atoms with Gasteiger partial charge in [0.05, 0.1) is 5.69 Å². The quantitative estimate of drug-likeness (QED) is 0.743. The molecule has 0 fully saturated rings. The average molecular weight is 233 g/mol. The van der Waals surface area contributed by atoms with Crippen molar-refractivity contribution in [1.29, 1.82) is 0 Å². The molecule has 0 unspecified atom stereocenters. The van der Waals surface area contributed by atoms with Gasteiger partial charge < -0.3 is 4.52 Å².